The topological polar surface area (TPSA) is 17.1 Å². The first-order valence-corrected chi connectivity index (χ1v) is 6.22. The van der Waals surface area contributed by atoms with Crippen molar-refractivity contribution in [3.05, 3.63) is 22.8 Å². The van der Waals surface area contributed by atoms with Crippen LogP contribution in [0, 0.1) is 0 Å². The van der Waals surface area contributed by atoms with Crippen molar-refractivity contribution in [1.29, 1.82) is 0 Å². The van der Waals surface area contributed by atoms with Gasteiger partial charge in [-0.05, 0) is 31.3 Å². The highest BCUT2D eigenvalue weighted by Gasteiger charge is 2.75. The lowest BCUT2D eigenvalue weighted by Gasteiger charge is -2.26. The number of allylic oxidation sites excluding steroid dienone is 4. The summed E-state index contributed by atoms with van der Waals surface area (Å²) in [6, 6.07) is 0. The van der Waals surface area contributed by atoms with Gasteiger partial charge in [-0.2, -0.15) is 30.7 Å². The third-order valence-electron chi connectivity index (χ3n) is 2.92. The quantitative estimate of drug-likeness (QED) is 0.520. The Bertz CT molecular complexity index is 476. The molecule has 9 heteroatoms. The van der Waals surface area contributed by atoms with Crippen LogP contribution in [0.4, 0.5) is 30.7 Å². The van der Waals surface area contributed by atoms with Crippen LogP contribution in [0.1, 0.15) is 25.7 Å². The maximum absolute atomic E-state index is 13.1. The van der Waals surface area contributed by atoms with Gasteiger partial charge in [0.15, 0.2) is 0 Å². The fourth-order valence-electron chi connectivity index (χ4n) is 1.69. The summed E-state index contributed by atoms with van der Waals surface area (Å²) in [6.07, 6.45) is -2.74. The van der Waals surface area contributed by atoms with Crippen molar-refractivity contribution in [2.24, 2.45) is 0 Å². The van der Waals surface area contributed by atoms with Crippen LogP contribution in [0.3, 0.4) is 0 Å². The highest BCUT2D eigenvalue weighted by atomic mass is 35.5. The molecule has 0 aromatic heterocycles. The lowest BCUT2D eigenvalue weighted by molar-refractivity contribution is -0.342. The van der Waals surface area contributed by atoms with Crippen molar-refractivity contribution in [3.63, 3.8) is 0 Å². The van der Waals surface area contributed by atoms with Crippen molar-refractivity contribution >= 4 is 17.4 Å². The van der Waals surface area contributed by atoms with Gasteiger partial charge in [-0.15, -0.1) is 0 Å². The molecule has 0 aromatic carbocycles. The molecule has 1 rings (SSSR count). The summed E-state index contributed by atoms with van der Waals surface area (Å²) in [5, 5.41) is -0.544. The summed E-state index contributed by atoms with van der Waals surface area (Å²) >= 11 is 5.54. The Kier molecular flexibility index (Phi) is 5.13. The summed E-state index contributed by atoms with van der Waals surface area (Å²) in [5.41, 5.74) is 0.280. The molecule has 0 spiro atoms. The third-order valence-corrected chi connectivity index (χ3v) is 3.27. The molecule has 0 amide bonds. The predicted octanol–water partition coefficient (Wildman–Crippen LogP) is 5.01. The average molecular weight is 339 g/mol. The first kappa shape index (κ1) is 18.0. The molecule has 0 aromatic rings. The van der Waals surface area contributed by atoms with E-state index in [4.69, 9.17) is 11.6 Å². The van der Waals surface area contributed by atoms with E-state index in [-0.39, 0.29) is 11.6 Å². The summed E-state index contributed by atoms with van der Waals surface area (Å²) < 4.78 is 87.3. The second-order valence-electron chi connectivity index (χ2n) is 4.48. The standard InChI is InChI=1S/C12H10ClF7O/c13-8(7-4-2-1-3-5-7)6-9(21)10(14,15)11(16,17)12(18,19)20/h4,6H,1-3,5H2/b8-6-. The third kappa shape index (κ3) is 3.59. The highest BCUT2D eigenvalue weighted by Crippen LogP contribution is 2.47. The van der Waals surface area contributed by atoms with Crippen LogP contribution < -0.4 is 0 Å². The Morgan fingerprint density at radius 3 is 2.10 bits per heavy atom. The zero-order chi connectivity index (χ0) is 16.5. The normalized spacial score (nSPS) is 18.5. The largest absolute Gasteiger partial charge is 0.460 e. The molecule has 0 atom stereocenters. The molecule has 21 heavy (non-hydrogen) atoms. The number of carbonyl (C=O) groups excluding carboxylic acids is 1. The Labute approximate surface area is 120 Å². The van der Waals surface area contributed by atoms with Crippen LogP contribution in [-0.4, -0.2) is 23.8 Å². The molecule has 120 valence electrons. The van der Waals surface area contributed by atoms with Crippen LogP contribution in [0.25, 0.3) is 0 Å². The van der Waals surface area contributed by atoms with Crippen LogP contribution in [0.2, 0.25) is 0 Å². The van der Waals surface area contributed by atoms with Crippen LogP contribution in [0.15, 0.2) is 22.8 Å². The van der Waals surface area contributed by atoms with E-state index in [2.05, 4.69) is 0 Å². The van der Waals surface area contributed by atoms with E-state index in [1.165, 1.54) is 6.08 Å². The van der Waals surface area contributed by atoms with E-state index in [1.54, 1.807) is 0 Å². The zero-order valence-corrected chi connectivity index (χ0v) is 11.2. The molecule has 1 aliphatic carbocycles. The maximum Gasteiger partial charge on any atom is 0.460 e. The van der Waals surface area contributed by atoms with Gasteiger partial charge in [0.2, 0.25) is 5.78 Å². The lowest BCUT2D eigenvalue weighted by Crippen LogP contribution is -2.55. The number of alkyl halides is 7. The van der Waals surface area contributed by atoms with Gasteiger partial charge in [0.05, 0.1) is 0 Å². The van der Waals surface area contributed by atoms with Gasteiger partial charge in [-0.3, -0.25) is 4.79 Å². The molecule has 0 saturated heterocycles. The monoisotopic (exact) mass is 338 g/mol. The molecule has 0 N–H and O–H groups in total. The smallest absolute Gasteiger partial charge is 0.288 e. The van der Waals surface area contributed by atoms with Crippen molar-refractivity contribution in [3.8, 4) is 0 Å². The van der Waals surface area contributed by atoms with E-state index in [9.17, 15) is 35.5 Å². The second-order valence-corrected chi connectivity index (χ2v) is 4.89. The van der Waals surface area contributed by atoms with Gasteiger partial charge >= 0.3 is 18.0 Å². The van der Waals surface area contributed by atoms with Crippen molar-refractivity contribution in [1.82, 2.24) is 0 Å². The van der Waals surface area contributed by atoms with Crippen LogP contribution in [-0.2, 0) is 4.79 Å². The highest BCUT2D eigenvalue weighted by molar-refractivity contribution is 6.33. The van der Waals surface area contributed by atoms with E-state index in [1.807, 2.05) is 0 Å². The number of rotatable bonds is 4. The molecule has 1 aliphatic rings. The number of ketones is 1. The fraction of sp³-hybridized carbons (Fsp3) is 0.583. The molecule has 0 fully saturated rings. The van der Waals surface area contributed by atoms with E-state index < -0.39 is 28.8 Å². The van der Waals surface area contributed by atoms with Crippen LogP contribution >= 0.6 is 11.6 Å². The zero-order valence-electron chi connectivity index (χ0n) is 10.4. The van der Waals surface area contributed by atoms with E-state index in [0.717, 1.165) is 6.42 Å². The fourth-order valence-corrected chi connectivity index (χ4v) is 1.96. The number of hydrogen-bond acceptors (Lipinski definition) is 1. The summed E-state index contributed by atoms with van der Waals surface area (Å²) in [7, 11) is 0. The van der Waals surface area contributed by atoms with Gasteiger partial charge in [-0.1, -0.05) is 17.7 Å². The first-order valence-electron chi connectivity index (χ1n) is 5.84. The number of carbonyl (C=O) groups is 1. The van der Waals surface area contributed by atoms with Crippen LogP contribution in [0.5, 0.6) is 0 Å². The van der Waals surface area contributed by atoms with Crippen molar-refractivity contribution in [2.45, 2.75) is 43.7 Å². The molecular formula is C12H10ClF7O. The Morgan fingerprint density at radius 1 is 1.10 bits per heavy atom. The van der Waals surface area contributed by atoms with Crippen molar-refractivity contribution < 1.29 is 35.5 Å². The molecule has 1 nitrogen and oxygen atoms in total. The van der Waals surface area contributed by atoms with Gasteiger partial charge in [0.25, 0.3) is 0 Å². The lowest BCUT2D eigenvalue weighted by atomic mass is 9.98. The molecule has 0 aliphatic heterocycles. The average Bonchev–Trinajstić information content (AvgIpc) is 2.38. The maximum atomic E-state index is 13.1. The first-order chi connectivity index (χ1) is 9.41. The number of halogens is 8. The molecule has 0 saturated carbocycles. The molecule has 0 heterocycles. The second kappa shape index (κ2) is 5.98. The van der Waals surface area contributed by atoms with Crippen molar-refractivity contribution in [2.75, 3.05) is 0 Å². The Hall–Kier alpha value is -1.05. The Balaban J connectivity index is 3.04. The van der Waals surface area contributed by atoms with Gasteiger partial charge in [0.1, 0.15) is 0 Å². The van der Waals surface area contributed by atoms with E-state index >= 15 is 0 Å². The Morgan fingerprint density at radius 2 is 1.67 bits per heavy atom. The minimum Gasteiger partial charge on any atom is -0.288 e. The summed E-state index contributed by atoms with van der Waals surface area (Å²) in [6.45, 7) is 0. The van der Waals surface area contributed by atoms with E-state index in [0.29, 0.717) is 19.3 Å². The molecular weight excluding hydrogens is 329 g/mol. The summed E-state index contributed by atoms with van der Waals surface area (Å²) in [5.74, 6) is -15.1. The molecule has 0 bridgehead atoms. The SMILES string of the molecule is O=C(/C=C(\Cl)C1=CCCCC1)C(F)(F)C(F)(F)C(F)(F)F. The van der Waals surface area contributed by atoms with Gasteiger partial charge in [-0.25, -0.2) is 0 Å². The minimum absolute atomic E-state index is 0.0711. The summed E-state index contributed by atoms with van der Waals surface area (Å²) in [4.78, 5) is 11.1. The van der Waals surface area contributed by atoms with Gasteiger partial charge < -0.3 is 0 Å². The molecule has 0 unspecified atom stereocenters. The predicted molar refractivity (Wildman–Crippen MR) is 61.4 cm³/mol. The number of hydrogen-bond donors (Lipinski definition) is 0. The molecule has 0 radical (unpaired) electrons. The van der Waals surface area contributed by atoms with Gasteiger partial charge in [0, 0.05) is 11.1 Å². The minimum atomic E-state index is -6.55.